The first-order valence-electron chi connectivity index (χ1n) is 12.8. The maximum atomic E-state index is 13.8. The largest absolute Gasteiger partial charge is 0.478 e. The summed E-state index contributed by atoms with van der Waals surface area (Å²) in [4.78, 5) is 30.5. The molecule has 0 saturated heterocycles. The Morgan fingerprint density at radius 2 is 1.81 bits per heavy atom. The molecule has 3 aromatic carbocycles. The predicted molar refractivity (Wildman–Crippen MR) is 140 cm³/mol. The molecule has 0 radical (unpaired) electrons. The zero-order valence-electron chi connectivity index (χ0n) is 20.8. The first kappa shape index (κ1) is 22.3. The van der Waals surface area contributed by atoms with Crippen molar-refractivity contribution >= 4 is 34.7 Å². The van der Waals surface area contributed by atoms with Crippen molar-refractivity contribution in [1.82, 2.24) is 4.98 Å². The van der Waals surface area contributed by atoms with Crippen LogP contribution in [0.4, 0.5) is 5.69 Å². The Kier molecular flexibility index (Phi) is 6.56. The Labute approximate surface area is 211 Å². The van der Waals surface area contributed by atoms with Gasteiger partial charge in [0.25, 0.3) is 0 Å². The quantitative estimate of drug-likeness (QED) is 0.297. The minimum atomic E-state index is -1.04. The van der Waals surface area contributed by atoms with Crippen molar-refractivity contribution in [2.45, 2.75) is 38.6 Å². The Morgan fingerprint density at radius 3 is 2.58 bits per heavy atom. The second-order valence-electron chi connectivity index (χ2n) is 9.10. The van der Waals surface area contributed by atoms with E-state index in [2.05, 4.69) is 4.98 Å². The molecule has 1 heterocycles. The number of amides is 1. The Bertz CT molecular complexity index is 1440. The van der Waals surface area contributed by atoms with Gasteiger partial charge in [-0.15, -0.1) is 0 Å². The van der Waals surface area contributed by atoms with Crippen molar-refractivity contribution in [1.29, 1.82) is 0 Å². The first-order chi connectivity index (χ1) is 18.0. The fraction of sp³-hybridized carbons (Fsp3) is 0.233. The minimum absolute atomic E-state index is 0.0566. The number of hydrogen-bond acceptors (Lipinski definition) is 4. The summed E-state index contributed by atoms with van der Waals surface area (Å²) in [7, 11) is 0. The first-order valence-corrected chi connectivity index (χ1v) is 12.2. The van der Waals surface area contributed by atoms with Crippen LogP contribution in [0.15, 0.2) is 83.6 Å². The van der Waals surface area contributed by atoms with E-state index in [1.165, 1.54) is 12.5 Å². The molecule has 6 heteroatoms. The molecular formula is C30H28N2O4. The van der Waals surface area contributed by atoms with Gasteiger partial charge < -0.3 is 14.4 Å². The van der Waals surface area contributed by atoms with Crippen LogP contribution >= 0.6 is 0 Å². The average Bonchev–Trinajstić information content (AvgIpc) is 3.41. The summed E-state index contributed by atoms with van der Waals surface area (Å²) < 4.78 is 14.6. The Balaban J connectivity index is 1.46. The summed E-state index contributed by atoms with van der Waals surface area (Å²) in [6.45, 7) is -0.945. The van der Waals surface area contributed by atoms with E-state index >= 15 is 0 Å². The topological polar surface area (TPSA) is 83.6 Å². The van der Waals surface area contributed by atoms with Crippen LogP contribution in [0.25, 0.3) is 28.3 Å². The summed E-state index contributed by atoms with van der Waals surface area (Å²) in [5.74, 6) is -1.21. The van der Waals surface area contributed by atoms with Crippen molar-refractivity contribution in [2.24, 2.45) is 5.92 Å². The summed E-state index contributed by atoms with van der Waals surface area (Å²) in [5.41, 5.74) is 5.39. The molecule has 1 unspecified atom stereocenters. The minimum Gasteiger partial charge on any atom is -0.478 e. The van der Waals surface area contributed by atoms with Gasteiger partial charge in [-0.05, 0) is 65.4 Å². The van der Waals surface area contributed by atoms with Crippen LogP contribution < -0.4 is 4.90 Å². The third-order valence-corrected chi connectivity index (χ3v) is 6.61. The fourth-order valence-corrected chi connectivity index (χ4v) is 4.70. The van der Waals surface area contributed by atoms with E-state index in [9.17, 15) is 9.59 Å². The average molecular weight is 482 g/mol. The molecule has 1 aliphatic rings. The van der Waals surface area contributed by atoms with Crippen molar-refractivity contribution in [3.8, 4) is 11.1 Å². The number of nitrogens with zero attached hydrogens (tertiary/aromatic N) is 2. The molecule has 4 aromatic rings. The number of anilines is 1. The summed E-state index contributed by atoms with van der Waals surface area (Å²) >= 11 is 0. The van der Waals surface area contributed by atoms with Gasteiger partial charge in [0.15, 0.2) is 12.0 Å². The van der Waals surface area contributed by atoms with Crippen LogP contribution in [0, 0.1) is 5.92 Å². The molecule has 1 aliphatic carbocycles. The van der Waals surface area contributed by atoms with Gasteiger partial charge in [0, 0.05) is 17.7 Å². The molecule has 1 N–H and O–H groups in total. The number of carbonyl (C=O) groups excluding carboxylic acids is 1. The van der Waals surface area contributed by atoms with Gasteiger partial charge in [0.05, 0.1) is 7.89 Å². The smallest absolute Gasteiger partial charge is 0.328 e. The summed E-state index contributed by atoms with van der Waals surface area (Å²) in [6.07, 6.45) is 8.79. The molecule has 1 fully saturated rings. The summed E-state index contributed by atoms with van der Waals surface area (Å²) in [5, 5.41) is 9.00. The van der Waals surface area contributed by atoms with Gasteiger partial charge in [0.2, 0.25) is 5.91 Å². The number of carboxylic acids is 1. The number of aliphatic carboxylic acids is 1. The lowest BCUT2D eigenvalue weighted by molar-refractivity contribution is -0.131. The Hall–Kier alpha value is -4.19. The number of benzene rings is 3. The maximum Gasteiger partial charge on any atom is 0.328 e. The normalized spacial score (nSPS) is 15.6. The van der Waals surface area contributed by atoms with Crippen molar-refractivity contribution in [3.63, 3.8) is 0 Å². The van der Waals surface area contributed by atoms with E-state index in [1.807, 2.05) is 42.5 Å². The van der Waals surface area contributed by atoms with E-state index in [0.717, 1.165) is 54.8 Å². The van der Waals surface area contributed by atoms with Crippen LogP contribution in [0.2, 0.25) is 0 Å². The highest BCUT2D eigenvalue weighted by atomic mass is 16.4. The van der Waals surface area contributed by atoms with Crippen LogP contribution in [-0.4, -0.2) is 22.0 Å². The highest BCUT2D eigenvalue weighted by Crippen LogP contribution is 2.30. The molecule has 0 bridgehead atoms. The van der Waals surface area contributed by atoms with E-state index in [4.69, 9.17) is 10.9 Å². The van der Waals surface area contributed by atoms with E-state index in [0.29, 0.717) is 22.4 Å². The second kappa shape index (κ2) is 10.6. The molecule has 1 aromatic heterocycles. The second-order valence-corrected chi connectivity index (χ2v) is 9.10. The van der Waals surface area contributed by atoms with Crippen molar-refractivity contribution < 1.29 is 20.5 Å². The molecule has 0 aliphatic heterocycles. The van der Waals surface area contributed by atoms with Gasteiger partial charge in [-0.2, -0.15) is 0 Å². The lowest BCUT2D eigenvalue weighted by Gasteiger charge is -2.30. The SMILES string of the molecule is [2H]C(c1ccc(-c2ccc3ncoc3c2)cc1)N(C(=O)C1CCCCC1)c1cccc(/C=C/C(=O)O)c1. The van der Waals surface area contributed by atoms with Gasteiger partial charge in [-0.1, -0.05) is 61.7 Å². The van der Waals surface area contributed by atoms with Crippen LogP contribution in [0.3, 0.4) is 0 Å². The molecule has 0 spiro atoms. The third kappa shape index (κ3) is 5.38. The monoisotopic (exact) mass is 481 g/mol. The highest BCUT2D eigenvalue weighted by Gasteiger charge is 2.27. The zero-order chi connectivity index (χ0) is 25.8. The zero-order valence-corrected chi connectivity index (χ0v) is 19.8. The molecule has 1 atom stereocenters. The van der Waals surface area contributed by atoms with Crippen LogP contribution in [-0.2, 0) is 16.1 Å². The number of carboxylic acid groups (broad SMARTS) is 1. The van der Waals surface area contributed by atoms with E-state index in [-0.39, 0.29) is 11.8 Å². The molecule has 36 heavy (non-hydrogen) atoms. The number of fused-ring (bicyclic) bond motifs is 1. The number of carbonyl (C=O) groups is 2. The third-order valence-electron chi connectivity index (χ3n) is 6.61. The van der Waals surface area contributed by atoms with Gasteiger partial charge in [-0.25, -0.2) is 9.78 Å². The standard InChI is InChI=1S/C30H28N2O4/c33-29(34)16-11-21-5-4-8-26(17-21)32(30(35)24-6-2-1-3-7-24)19-22-9-12-23(13-10-22)25-14-15-27-28(18-25)36-20-31-27/h4-5,8-18,20,24H,1-3,6-7,19H2,(H,33,34)/b16-11+/i19D. The van der Waals surface area contributed by atoms with E-state index < -0.39 is 12.5 Å². The van der Waals surface area contributed by atoms with Crippen molar-refractivity contribution in [3.05, 3.63) is 90.3 Å². The van der Waals surface area contributed by atoms with Crippen LogP contribution in [0.5, 0.6) is 0 Å². The van der Waals surface area contributed by atoms with Crippen molar-refractivity contribution in [2.75, 3.05) is 4.90 Å². The molecule has 1 amide bonds. The fourth-order valence-electron chi connectivity index (χ4n) is 4.70. The maximum absolute atomic E-state index is 13.8. The van der Waals surface area contributed by atoms with Gasteiger partial charge in [0.1, 0.15) is 5.52 Å². The molecule has 5 rings (SSSR count). The lowest BCUT2D eigenvalue weighted by Crippen LogP contribution is -2.36. The molecule has 6 nitrogen and oxygen atoms in total. The van der Waals surface area contributed by atoms with E-state index in [1.54, 1.807) is 29.2 Å². The number of rotatable bonds is 7. The Morgan fingerprint density at radius 1 is 1.03 bits per heavy atom. The predicted octanol–water partition coefficient (Wildman–Crippen LogP) is 6.71. The number of hydrogen-bond donors (Lipinski definition) is 1. The number of aromatic nitrogens is 1. The molecule has 182 valence electrons. The van der Waals surface area contributed by atoms with Gasteiger partial charge in [-0.3, -0.25) is 4.79 Å². The number of oxazole rings is 1. The van der Waals surface area contributed by atoms with Crippen LogP contribution in [0.1, 0.15) is 44.6 Å². The highest BCUT2D eigenvalue weighted by molar-refractivity contribution is 5.95. The summed E-state index contributed by atoms with van der Waals surface area (Å²) in [6, 6.07) is 20.6. The molecular weight excluding hydrogens is 452 g/mol. The van der Waals surface area contributed by atoms with Gasteiger partial charge >= 0.3 is 5.97 Å². The molecule has 1 saturated carbocycles. The lowest BCUT2D eigenvalue weighted by atomic mass is 9.88.